The predicted octanol–water partition coefficient (Wildman–Crippen LogP) is -0.171. The van der Waals surface area contributed by atoms with Crippen LogP contribution in [-0.2, 0) is 4.79 Å². The van der Waals surface area contributed by atoms with Crippen molar-refractivity contribution >= 4 is 12.0 Å². The van der Waals surface area contributed by atoms with E-state index in [4.69, 9.17) is 16.6 Å². The van der Waals surface area contributed by atoms with Gasteiger partial charge >= 0.3 is 12.0 Å². The minimum atomic E-state index is -1.11. The molecule has 0 heterocycles. The number of amides is 2. The van der Waals surface area contributed by atoms with Crippen molar-refractivity contribution in [2.24, 2.45) is 0 Å². The number of rotatable bonds is 6. The largest absolute Gasteiger partial charge is 0.480 e. The minimum absolute atomic E-state index is 0.0514. The Morgan fingerprint density at radius 3 is 2.47 bits per heavy atom. The van der Waals surface area contributed by atoms with Crippen molar-refractivity contribution in [3.63, 3.8) is 0 Å². The lowest BCUT2D eigenvalue weighted by Gasteiger charge is -2.25. The van der Waals surface area contributed by atoms with Crippen LogP contribution in [0.2, 0.25) is 0 Å². The Bertz CT molecular complexity index is 309. The normalized spacial score (nSPS) is 11.4. The molecule has 1 unspecified atom stereocenters. The fraction of sp³-hybridized carbons (Fsp3) is 0.636. The highest BCUT2D eigenvalue weighted by Gasteiger charge is 2.19. The highest BCUT2D eigenvalue weighted by Crippen LogP contribution is 2.00. The number of carboxylic acid groups (broad SMARTS) is 1. The molecule has 0 spiro atoms. The molecule has 0 aliphatic heterocycles. The Kier molecular flexibility index (Phi) is 6.75. The Morgan fingerprint density at radius 2 is 2.06 bits per heavy atom. The van der Waals surface area contributed by atoms with Gasteiger partial charge in [0.2, 0.25) is 0 Å². The van der Waals surface area contributed by atoms with E-state index in [0.29, 0.717) is 13.0 Å². The van der Waals surface area contributed by atoms with Crippen molar-refractivity contribution in [3.8, 4) is 12.3 Å². The molecule has 6 heteroatoms. The maximum absolute atomic E-state index is 11.8. The maximum atomic E-state index is 11.8. The van der Waals surface area contributed by atoms with Crippen LogP contribution >= 0.6 is 0 Å². The van der Waals surface area contributed by atoms with E-state index in [0.717, 1.165) is 4.90 Å². The molecule has 0 saturated heterocycles. The van der Waals surface area contributed by atoms with Gasteiger partial charge in [0.1, 0.15) is 6.54 Å². The summed E-state index contributed by atoms with van der Waals surface area (Å²) in [6.07, 6.45) is 4.99. The molecule has 2 amide bonds. The van der Waals surface area contributed by atoms with Gasteiger partial charge in [-0.25, -0.2) is 4.79 Å². The van der Waals surface area contributed by atoms with Crippen molar-refractivity contribution in [2.45, 2.75) is 19.4 Å². The summed E-state index contributed by atoms with van der Waals surface area (Å²) in [5.74, 6) is 1.13. The van der Waals surface area contributed by atoms with Crippen LogP contribution in [0.5, 0.6) is 0 Å². The molecule has 6 nitrogen and oxygen atoms in total. The van der Waals surface area contributed by atoms with E-state index in [-0.39, 0.29) is 6.54 Å². The highest BCUT2D eigenvalue weighted by molar-refractivity contribution is 5.80. The zero-order valence-electron chi connectivity index (χ0n) is 10.1. The van der Waals surface area contributed by atoms with E-state index in [1.165, 1.54) is 11.9 Å². The van der Waals surface area contributed by atoms with E-state index in [2.05, 4.69) is 5.92 Å². The standard InChI is InChI=1S/C11H18N2O4/c1-4-6-13(8-10(15)16)11(17)12(3)7-5-9(2)14/h1,9,14H,5-8H2,2-3H3,(H,15,16). The van der Waals surface area contributed by atoms with Gasteiger partial charge in [-0.05, 0) is 13.3 Å². The molecule has 0 saturated carbocycles. The van der Waals surface area contributed by atoms with Crippen molar-refractivity contribution in [1.29, 1.82) is 0 Å². The number of hydrogen-bond acceptors (Lipinski definition) is 3. The minimum Gasteiger partial charge on any atom is -0.480 e. The number of aliphatic hydroxyl groups excluding tert-OH is 1. The zero-order valence-corrected chi connectivity index (χ0v) is 10.1. The molecule has 0 bridgehead atoms. The Balaban J connectivity index is 4.39. The number of carboxylic acids is 1. The molecule has 0 rings (SSSR count). The van der Waals surface area contributed by atoms with Crippen LogP contribution in [0.3, 0.4) is 0 Å². The number of carbonyl (C=O) groups is 2. The van der Waals surface area contributed by atoms with Crippen molar-refractivity contribution < 1.29 is 19.8 Å². The zero-order chi connectivity index (χ0) is 13.4. The monoisotopic (exact) mass is 242 g/mol. The smallest absolute Gasteiger partial charge is 0.323 e. The van der Waals surface area contributed by atoms with Gasteiger partial charge in [0.05, 0.1) is 12.6 Å². The molecule has 0 radical (unpaired) electrons. The number of nitrogens with zero attached hydrogens (tertiary/aromatic N) is 2. The fourth-order valence-electron chi connectivity index (χ4n) is 1.18. The third-order valence-electron chi connectivity index (χ3n) is 2.09. The molecular weight excluding hydrogens is 224 g/mol. The van der Waals surface area contributed by atoms with Crippen LogP contribution < -0.4 is 0 Å². The molecule has 2 N–H and O–H groups in total. The van der Waals surface area contributed by atoms with E-state index >= 15 is 0 Å². The fourth-order valence-corrected chi connectivity index (χ4v) is 1.18. The average Bonchev–Trinajstić information content (AvgIpc) is 2.23. The summed E-state index contributed by atoms with van der Waals surface area (Å²) in [6, 6.07) is -0.453. The second-order valence-corrected chi connectivity index (χ2v) is 3.80. The molecule has 0 fully saturated rings. The summed E-state index contributed by atoms with van der Waals surface area (Å²) in [6.45, 7) is 1.48. The molecule has 1 atom stereocenters. The Hall–Kier alpha value is -1.74. The summed E-state index contributed by atoms with van der Waals surface area (Å²) in [4.78, 5) is 24.7. The topological polar surface area (TPSA) is 81.1 Å². The second kappa shape index (κ2) is 7.52. The molecule has 0 aliphatic rings. The second-order valence-electron chi connectivity index (χ2n) is 3.80. The third-order valence-corrected chi connectivity index (χ3v) is 2.09. The Labute approximate surface area is 101 Å². The molecule has 0 aromatic heterocycles. The number of aliphatic hydroxyl groups is 1. The third kappa shape index (κ3) is 6.43. The van der Waals surface area contributed by atoms with Crippen LogP contribution in [0.4, 0.5) is 4.79 Å². The van der Waals surface area contributed by atoms with Gasteiger partial charge in [0.25, 0.3) is 0 Å². The first kappa shape index (κ1) is 15.3. The van der Waals surface area contributed by atoms with E-state index < -0.39 is 24.6 Å². The van der Waals surface area contributed by atoms with Crippen LogP contribution in [-0.4, -0.2) is 64.8 Å². The quantitative estimate of drug-likeness (QED) is 0.634. The van der Waals surface area contributed by atoms with Crippen molar-refractivity contribution in [3.05, 3.63) is 0 Å². The summed E-state index contributed by atoms with van der Waals surface area (Å²) >= 11 is 0. The van der Waals surface area contributed by atoms with Crippen LogP contribution in [0.25, 0.3) is 0 Å². The number of urea groups is 1. The highest BCUT2D eigenvalue weighted by atomic mass is 16.4. The maximum Gasteiger partial charge on any atom is 0.323 e. The molecule has 96 valence electrons. The average molecular weight is 242 g/mol. The van der Waals surface area contributed by atoms with Gasteiger partial charge in [0, 0.05) is 13.6 Å². The van der Waals surface area contributed by atoms with E-state index in [1.54, 1.807) is 6.92 Å². The number of carbonyl (C=O) groups excluding carboxylic acids is 1. The molecule has 0 aliphatic carbocycles. The molecular formula is C11H18N2O4. The molecule has 0 aromatic carbocycles. The first-order valence-corrected chi connectivity index (χ1v) is 5.21. The van der Waals surface area contributed by atoms with Crippen molar-refractivity contribution in [1.82, 2.24) is 9.80 Å². The van der Waals surface area contributed by atoms with Crippen LogP contribution in [0.15, 0.2) is 0 Å². The lowest BCUT2D eigenvalue weighted by molar-refractivity contribution is -0.137. The number of terminal acetylenes is 1. The van der Waals surface area contributed by atoms with Gasteiger partial charge < -0.3 is 20.0 Å². The van der Waals surface area contributed by atoms with Gasteiger partial charge in [-0.2, -0.15) is 0 Å². The van der Waals surface area contributed by atoms with Crippen LogP contribution in [0.1, 0.15) is 13.3 Å². The lowest BCUT2D eigenvalue weighted by atomic mass is 10.3. The first-order chi connectivity index (χ1) is 7.88. The molecule has 17 heavy (non-hydrogen) atoms. The first-order valence-electron chi connectivity index (χ1n) is 5.21. The molecule has 0 aromatic rings. The van der Waals surface area contributed by atoms with E-state index in [9.17, 15) is 9.59 Å². The van der Waals surface area contributed by atoms with Gasteiger partial charge in [0.15, 0.2) is 0 Å². The number of hydrogen-bond donors (Lipinski definition) is 2. The van der Waals surface area contributed by atoms with E-state index in [1.807, 2.05) is 0 Å². The van der Waals surface area contributed by atoms with Crippen LogP contribution in [0, 0.1) is 12.3 Å². The van der Waals surface area contributed by atoms with Crippen molar-refractivity contribution in [2.75, 3.05) is 26.7 Å². The summed E-state index contributed by atoms with van der Waals surface area (Å²) in [5, 5.41) is 17.7. The summed E-state index contributed by atoms with van der Waals surface area (Å²) in [7, 11) is 1.54. The lowest BCUT2D eigenvalue weighted by Crippen LogP contribution is -2.44. The summed E-state index contributed by atoms with van der Waals surface area (Å²) in [5.41, 5.74) is 0. The number of aliphatic carboxylic acids is 1. The summed E-state index contributed by atoms with van der Waals surface area (Å²) < 4.78 is 0. The SMILES string of the molecule is C#CCN(CC(=O)O)C(=O)N(C)CCC(C)O. The van der Waals surface area contributed by atoms with Gasteiger partial charge in [-0.15, -0.1) is 6.42 Å². The van der Waals surface area contributed by atoms with Gasteiger partial charge in [-0.1, -0.05) is 5.92 Å². The van der Waals surface area contributed by atoms with Gasteiger partial charge in [-0.3, -0.25) is 4.79 Å². The predicted molar refractivity (Wildman–Crippen MR) is 62.4 cm³/mol. The Morgan fingerprint density at radius 1 is 1.47 bits per heavy atom.